The summed E-state index contributed by atoms with van der Waals surface area (Å²) in [6.07, 6.45) is 1.80. The van der Waals surface area contributed by atoms with Crippen LogP contribution < -0.4 is 24.4 Å². The molecule has 32 heavy (non-hydrogen) atoms. The van der Waals surface area contributed by atoms with Gasteiger partial charge in [-0.25, -0.2) is 9.79 Å². The molecule has 0 radical (unpaired) electrons. The van der Waals surface area contributed by atoms with E-state index < -0.39 is 12.0 Å². The topological polar surface area (TPSA) is 79.1 Å². The third kappa shape index (κ3) is 3.33. The standard InChI is InChI=1S/C24H20N2O5S/c1-13-4-7-16(8-5-13)21-20(23(28)29-3)14(2)25-24-26(21)22(27)19(32-24)11-15-6-9-17-18(10-15)31-12-30-17/h4-11,21H,12H2,1-3H3/b19-11+. The highest BCUT2D eigenvalue weighted by Crippen LogP contribution is 2.33. The molecule has 0 saturated carbocycles. The first-order valence-corrected chi connectivity index (χ1v) is 10.8. The minimum Gasteiger partial charge on any atom is -0.466 e. The molecular formula is C24H20N2O5S. The molecule has 8 heteroatoms. The predicted molar refractivity (Wildman–Crippen MR) is 120 cm³/mol. The highest BCUT2D eigenvalue weighted by atomic mass is 32.1. The Kier molecular flexibility index (Phi) is 4.94. The van der Waals surface area contributed by atoms with Gasteiger partial charge in [0.25, 0.3) is 5.56 Å². The second kappa shape index (κ2) is 7.80. The maximum atomic E-state index is 13.5. The van der Waals surface area contributed by atoms with E-state index in [9.17, 15) is 9.59 Å². The lowest BCUT2D eigenvalue weighted by molar-refractivity contribution is -0.136. The zero-order chi connectivity index (χ0) is 22.4. The summed E-state index contributed by atoms with van der Waals surface area (Å²) in [5.41, 5.74) is 3.41. The molecule has 0 bridgehead atoms. The molecule has 1 atom stereocenters. The molecular weight excluding hydrogens is 428 g/mol. The lowest BCUT2D eigenvalue weighted by atomic mass is 9.95. The number of fused-ring (bicyclic) bond motifs is 2. The molecule has 0 aliphatic carbocycles. The van der Waals surface area contributed by atoms with E-state index in [0.717, 1.165) is 16.7 Å². The van der Waals surface area contributed by atoms with Gasteiger partial charge < -0.3 is 14.2 Å². The van der Waals surface area contributed by atoms with E-state index in [1.165, 1.54) is 18.4 Å². The van der Waals surface area contributed by atoms with E-state index >= 15 is 0 Å². The highest BCUT2D eigenvalue weighted by molar-refractivity contribution is 7.07. The van der Waals surface area contributed by atoms with Crippen molar-refractivity contribution in [3.8, 4) is 11.5 Å². The molecule has 7 nitrogen and oxygen atoms in total. The first-order chi connectivity index (χ1) is 15.5. The highest BCUT2D eigenvalue weighted by Gasteiger charge is 2.33. The number of carbonyl (C=O) groups excluding carboxylic acids is 1. The Morgan fingerprint density at radius 1 is 1.16 bits per heavy atom. The van der Waals surface area contributed by atoms with Gasteiger partial charge in [-0.1, -0.05) is 47.2 Å². The summed E-state index contributed by atoms with van der Waals surface area (Å²) in [5, 5.41) is 0. The van der Waals surface area contributed by atoms with Crippen LogP contribution in [0.2, 0.25) is 0 Å². The number of benzene rings is 2. The van der Waals surface area contributed by atoms with E-state index in [2.05, 4.69) is 4.99 Å². The maximum absolute atomic E-state index is 13.5. The quantitative estimate of drug-likeness (QED) is 0.575. The number of rotatable bonds is 3. The number of allylic oxidation sites excluding steroid dienone is 1. The van der Waals surface area contributed by atoms with Gasteiger partial charge in [0.1, 0.15) is 0 Å². The van der Waals surface area contributed by atoms with Crippen LogP contribution in [0.5, 0.6) is 11.5 Å². The average molecular weight is 449 g/mol. The van der Waals surface area contributed by atoms with Gasteiger partial charge in [-0.15, -0.1) is 0 Å². The minimum absolute atomic E-state index is 0.188. The fourth-order valence-corrected chi connectivity index (χ4v) is 4.96. The fraction of sp³-hybridized carbons (Fsp3) is 0.208. The molecule has 0 amide bonds. The van der Waals surface area contributed by atoms with Crippen molar-refractivity contribution in [2.75, 3.05) is 13.9 Å². The van der Waals surface area contributed by atoms with Crippen LogP contribution in [0, 0.1) is 6.92 Å². The zero-order valence-corrected chi connectivity index (χ0v) is 18.6. The monoisotopic (exact) mass is 448 g/mol. The van der Waals surface area contributed by atoms with Crippen LogP contribution in [0.4, 0.5) is 0 Å². The van der Waals surface area contributed by atoms with E-state index in [-0.39, 0.29) is 12.4 Å². The Morgan fingerprint density at radius 3 is 2.66 bits per heavy atom. The molecule has 2 aliphatic rings. The molecule has 0 fully saturated rings. The molecule has 162 valence electrons. The summed E-state index contributed by atoms with van der Waals surface area (Å²) in [6.45, 7) is 3.94. The van der Waals surface area contributed by atoms with Gasteiger partial charge >= 0.3 is 5.97 Å². The van der Waals surface area contributed by atoms with Crippen molar-refractivity contribution in [3.05, 3.63) is 90.1 Å². The number of thiazole rings is 1. The van der Waals surface area contributed by atoms with Gasteiger partial charge in [0.05, 0.1) is 29.0 Å². The minimum atomic E-state index is -0.613. The molecule has 1 aromatic heterocycles. The van der Waals surface area contributed by atoms with Gasteiger partial charge in [-0.05, 0) is 43.2 Å². The van der Waals surface area contributed by atoms with Gasteiger partial charge in [0.15, 0.2) is 16.3 Å². The first-order valence-electron chi connectivity index (χ1n) is 10.0. The molecule has 3 heterocycles. The van der Waals surface area contributed by atoms with Crippen LogP contribution in [-0.4, -0.2) is 24.4 Å². The van der Waals surface area contributed by atoms with Crippen molar-refractivity contribution in [2.45, 2.75) is 19.9 Å². The Morgan fingerprint density at radius 2 is 1.91 bits per heavy atom. The van der Waals surface area contributed by atoms with Crippen molar-refractivity contribution < 1.29 is 19.0 Å². The van der Waals surface area contributed by atoms with Gasteiger partial charge in [-0.3, -0.25) is 9.36 Å². The summed E-state index contributed by atoms with van der Waals surface area (Å²) < 4.78 is 17.9. The van der Waals surface area contributed by atoms with Crippen molar-refractivity contribution in [3.63, 3.8) is 0 Å². The number of esters is 1. The zero-order valence-electron chi connectivity index (χ0n) is 17.7. The Bertz CT molecular complexity index is 1450. The number of methoxy groups -OCH3 is 1. The third-order valence-corrected chi connectivity index (χ3v) is 6.50. The normalized spacial score (nSPS) is 17.2. The van der Waals surface area contributed by atoms with E-state index in [1.807, 2.05) is 49.4 Å². The summed E-state index contributed by atoms with van der Waals surface area (Å²) in [4.78, 5) is 31.3. The molecule has 0 N–H and O–H groups in total. The van der Waals surface area contributed by atoms with Crippen LogP contribution in [0.15, 0.2) is 63.5 Å². The summed E-state index contributed by atoms with van der Waals surface area (Å²) in [7, 11) is 1.33. The SMILES string of the molecule is COC(=O)C1=C(C)N=c2s/c(=C/c3ccc4c(c3)OCO4)c(=O)n2C1c1ccc(C)cc1. The summed E-state index contributed by atoms with van der Waals surface area (Å²) >= 11 is 1.29. The number of aryl methyl sites for hydroxylation is 1. The first kappa shape index (κ1) is 20.3. The number of carbonyl (C=O) groups is 1. The van der Waals surface area contributed by atoms with Gasteiger partial charge in [0, 0.05) is 0 Å². The molecule has 1 unspecified atom stereocenters. The van der Waals surface area contributed by atoms with Crippen molar-refractivity contribution in [1.29, 1.82) is 0 Å². The van der Waals surface area contributed by atoms with Crippen LogP contribution in [0.1, 0.15) is 29.7 Å². The summed E-state index contributed by atoms with van der Waals surface area (Å²) in [5.74, 6) is 0.830. The largest absolute Gasteiger partial charge is 0.466 e. The van der Waals surface area contributed by atoms with Gasteiger partial charge in [0.2, 0.25) is 6.79 Å². The Labute approximate surface area is 187 Å². The Hall–Kier alpha value is -3.65. The van der Waals surface area contributed by atoms with Crippen LogP contribution in [0.25, 0.3) is 6.08 Å². The molecule has 2 aromatic carbocycles. The van der Waals surface area contributed by atoms with Crippen LogP contribution in [-0.2, 0) is 9.53 Å². The fourth-order valence-electron chi connectivity index (χ4n) is 3.91. The lowest BCUT2D eigenvalue weighted by Crippen LogP contribution is -2.39. The lowest BCUT2D eigenvalue weighted by Gasteiger charge is -2.24. The number of nitrogens with zero attached hydrogens (tertiary/aromatic N) is 2. The smallest absolute Gasteiger partial charge is 0.338 e. The number of hydrogen-bond donors (Lipinski definition) is 0. The number of aromatic nitrogens is 1. The number of ether oxygens (including phenoxy) is 3. The van der Waals surface area contributed by atoms with E-state index in [4.69, 9.17) is 14.2 Å². The van der Waals surface area contributed by atoms with Crippen molar-refractivity contribution >= 4 is 23.4 Å². The molecule has 0 saturated heterocycles. The van der Waals surface area contributed by atoms with E-state index in [1.54, 1.807) is 17.6 Å². The Balaban J connectivity index is 1.70. The maximum Gasteiger partial charge on any atom is 0.338 e. The summed E-state index contributed by atoms with van der Waals surface area (Å²) in [6, 6.07) is 12.7. The van der Waals surface area contributed by atoms with Gasteiger partial charge in [-0.2, -0.15) is 0 Å². The van der Waals surface area contributed by atoms with E-state index in [0.29, 0.717) is 32.1 Å². The molecule has 2 aliphatic heterocycles. The molecule has 5 rings (SSSR count). The van der Waals surface area contributed by atoms with Crippen molar-refractivity contribution in [2.24, 2.45) is 4.99 Å². The number of hydrogen-bond acceptors (Lipinski definition) is 7. The average Bonchev–Trinajstić information content (AvgIpc) is 3.37. The molecule has 0 spiro atoms. The van der Waals surface area contributed by atoms with Crippen molar-refractivity contribution in [1.82, 2.24) is 4.57 Å². The predicted octanol–water partition coefficient (Wildman–Crippen LogP) is 2.45. The second-order valence-electron chi connectivity index (χ2n) is 7.60. The van der Waals surface area contributed by atoms with Crippen LogP contribution >= 0.6 is 11.3 Å². The molecule has 3 aromatic rings. The second-order valence-corrected chi connectivity index (χ2v) is 8.61. The van der Waals surface area contributed by atoms with Crippen LogP contribution in [0.3, 0.4) is 0 Å². The third-order valence-electron chi connectivity index (χ3n) is 5.51.